The highest BCUT2D eigenvalue weighted by Gasteiger charge is 2.22. The van der Waals surface area contributed by atoms with Gasteiger partial charge >= 0.3 is 0 Å². The summed E-state index contributed by atoms with van der Waals surface area (Å²) >= 11 is 0. The summed E-state index contributed by atoms with van der Waals surface area (Å²) in [5.41, 5.74) is 9.91. The van der Waals surface area contributed by atoms with Crippen molar-refractivity contribution in [3.05, 3.63) is 146 Å². The molecule has 0 spiro atoms. The molecule has 0 unspecified atom stereocenters. The van der Waals surface area contributed by atoms with E-state index in [9.17, 15) is 0 Å². The van der Waals surface area contributed by atoms with Crippen LogP contribution >= 0.6 is 0 Å². The van der Waals surface area contributed by atoms with E-state index in [0.717, 1.165) is 32.9 Å². The lowest BCUT2D eigenvalue weighted by atomic mass is 9.83. The van der Waals surface area contributed by atoms with Crippen molar-refractivity contribution >= 4 is 54.5 Å². The van der Waals surface area contributed by atoms with Crippen molar-refractivity contribution in [1.82, 2.24) is 0 Å². The van der Waals surface area contributed by atoms with Crippen LogP contribution in [0.1, 0.15) is 0 Å². The quantitative estimate of drug-likeness (QED) is 0.210. The fourth-order valence-electron chi connectivity index (χ4n) is 6.82. The molecule has 42 heavy (non-hydrogen) atoms. The van der Waals surface area contributed by atoms with Gasteiger partial charge in [-0.3, -0.25) is 0 Å². The third kappa shape index (κ3) is 3.27. The Hall–Kier alpha value is -5.60. The minimum atomic E-state index is 0.834. The van der Waals surface area contributed by atoms with Crippen LogP contribution in [0.15, 0.2) is 155 Å². The molecule has 0 bridgehead atoms. The lowest BCUT2D eigenvalue weighted by Gasteiger charge is -2.20. The summed E-state index contributed by atoms with van der Waals surface area (Å²) in [5.74, 6) is 0. The fraction of sp³-hybridized carbons (Fsp3) is 0. The number of hydrogen-bond donors (Lipinski definition) is 0. The Morgan fingerprint density at radius 1 is 0.357 bits per heavy atom. The molecule has 2 aromatic heterocycles. The molecule has 9 rings (SSSR count). The Morgan fingerprint density at radius 3 is 1.67 bits per heavy atom. The molecule has 7 aromatic carbocycles. The Labute approximate surface area is 242 Å². The lowest BCUT2D eigenvalue weighted by molar-refractivity contribution is 0.615. The highest BCUT2D eigenvalue weighted by molar-refractivity contribution is 6.27. The summed E-state index contributed by atoms with van der Waals surface area (Å²) in [6, 6.07) is 49.7. The van der Waals surface area contributed by atoms with E-state index >= 15 is 0 Å². The third-order valence-electron chi connectivity index (χ3n) is 8.58. The van der Waals surface area contributed by atoms with E-state index in [1.165, 1.54) is 54.9 Å². The van der Waals surface area contributed by atoms with Crippen LogP contribution in [0.5, 0.6) is 0 Å². The summed E-state index contributed by atoms with van der Waals surface area (Å²) in [4.78, 5) is 0. The van der Waals surface area contributed by atoms with Gasteiger partial charge in [-0.1, -0.05) is 115 Å². The molecule has 0 atom stereocenters. The predicted molar refractivity (Wildman–Crippen MR) is 175 cm³/mol. The predicted octanol–water partition coefficient (Wildman–Crippen LogP) is 11.6. The average molecular weight is 537 g/mol. The second kappa shape index (κ2) is 8.95. The number of benzene rings is 7. The van der Waals surface area contributed by atoms with Crippen molar-refractivity contribution in [2.75, 3.05) is 0 Å². The minimum Gasteiger partial charge on any atom is -0.464 e. The molecular weight excluding hydrogens is 512 g/mol. The van der Waals surface area contributed by atoms with Gasteiger partial charge in [-0.25, -0.2) is 0 Å². The van der Waals surface area contributed by atoms with E-state index in [2.05, 4.69) is 127 Å². The maximum absolute atomic E-state index is 6.51. The molecule has 2 heterocycles. The minimum absolute atomic E-state index is 0.834. The fourth-order valence-corrected chi connectivity index (χ4v) is 6.82. The van der Waals surface area contributed by atoms with Crippen molar-refractivity contribution in [3.8, 4) is 33.4 Å². The molecule has 196 valence electrons. The second-order valence-corrected chi connectivity index (χ2v) is 10.8. The normalized spacial score (nSPS) is 11.8. The van der Waals surface area contributed by atoms with Crippen molar-refractivity contribution in [2.45, 2.75) is 0 Å². The monoisotopic (exact) mass is 536 g/mol. The molecule has 0 saturated heterocycles. The molecule has 9 aromatic rings. The number of hydrogen-bond acceptors (Lipinski definition) is 2. The molecule has 2 heteroatoms. The van der Waals surface area contributed by atoms with Crippen LogP contribution in [0.4, 0.5) is 0 Å². The van der Waals surface area contributed by atoms with Crippen molar-refractivity contribution in [1.29, 1.82) is 0 Å². The van der Waals surface area contributed by atoms with Gasteiger partial charge in [-0.05, 0) is 79.2 Å². The van der Waals surface area contributed by atoms with Crippen LogP contribution in [0.2, 0.25) is 0 Å². The lowest BCUT2D eigenvalue weighted by Crippen LogP contribution is -1.93. The summed E-state index contributed by atoms with van der Waals surface area (Å²) in [6.45, 7) is 0. The second-order valence-electron chi connectivity index (χ2n) is 10.8. The summed E-state index contributed by atoms with van der Waals surface area (Å²) in [7, 11) is 0. The van der Waals surface area contributed by atoms with Crippen molar-refractivity contribution in [2.24, 2.45) is 0 Å². The van der Waals surface area contributed by atoms with Crippen LogP contribution in [0, 0.1) is 0 Å². The number of furan rings is 2. The van der Waals surface area contributed by atoms with Gasteiger partial charge in [0, 0.05) is 10.8 Å². The first-order valence-corrected chi connectivity index (χ1v) is 14.3. The topological polar surface area (TPSA) is 26.3 Å². The molecule has 0 aliphatic heterocycles. The van der Waals surface area contributed by atoms with Gasteiger partial charge in [0.05, 0.1) is 11.6 Å². The highest BCUT2D eigenvalue weighted by atomic mass is 16.3. The third-order valence-corrected chi connectivity index (χ3v) is 8.58. The molecule has 0 aliphatic rings. The van der Waals surface area contributed by atoms with E-state index in [-0.39, 0.29) is 0 Å². The van der Waals surface area contributed by atoms with E-state index in [1.54, 1.807) is 6.26 Å². The molecule has 0 saturated carbocycles. The van der Waals surface area contributed by atoms with E-state index < -0.39 is 0 Å². The van der Waals surface area contributed by atoms with Gasteiger partial charge < -0.3 is 8.83 Å². The summed E-state index contributed by atoms with van der Waals surface area (Å²) < 4.78 is 12.2. The summed E-state index contributed by atoms with van der Waals surface area (Å²) in [6.07, 6.45) is 1.73. The van der Waals surface area contributed by atoms with E-state index in [1.807, 2.05) is 12.1 Å². The zero-order valence-electron chi connectivity index (χ0n) is 22.7. The number of fused-ring (bicyclic) bond motifs is 7. The Bertz CT molecular complexity index is 2400. The Balaban J connectivity index is 1.44. The summed E-state index contributed by atoms with van der Waals surface area (Å²) in [5, 5.41) is 8.13. The highest BCUT2D eigenvalue weighted by Crippen LogP contribution is 2.48. The van der Waals surface area contributed by atoms with Crippen LogP contribution in [0.25, 0.3) is 87.8 Å². The van der Waals surface area contributed by atoms with Gasteiger partial charge in [0.15, 0.2) is 0 Å². The maximum atomic E-state index is 6.51. The molecule has 0 N–H and O–H groups in total. The first-order valence-electron chi connectivity index (χ1n) is 14.3. The molecule has 0 radical (unpaired) electrons. The zero-order valence-corrected chi connectivity index (χ0v) is 22.7. The van der Waals surface area contributed by atoms with Crippen LogP contribution in [-0.2, 0) is 0 Å². The van der Waals surface area contributed by atoms with Crippen LogP contribution in [-0.4, -0.2) is 0 Å². The Kier molecular flexibility index (Phi) is 4.93. The first kappa shape index (κ1) is 23.1. The van der Waals surface area contributed by atoms with Gasteiger partial charge in [-0.15, -0.1) is 0 Å². The maximum Gasteiger partial charge on any atom is 0.146 e. The molecule has 2 nitrogen and oxygen atoms in total. The molecule has 0 fully saturated rings. The van der Waals surface area contributed by atoms with E-state index in [4.69, 9.17) is 8.83 Å². The van der Waals surface area contributed by atoms with Crippen LogP contribution < -0.4 is 0 Å². The molecule has 0 aliphatic carbocycles. The number of rotatable bonds is 3. The van der Waals surface area contributed by atoms with Crippen molar-refractivity contribution in [3.63, 3.8) is 0 Å². The standard InChI is InChI=1S/C40H24O2/c1-2-11-25(12-3-1)26-13-4-5-14-27(26)37-28-15-6-8-17-30(28)38(31-18-9-7-16-29(31)37)33-19-10-20-36-39(33)34-21-22-35-32(23-24-41-35)40(34)42-36/h1-24H. The zero-order chi connectivity index (χ0) is 27.6. The van der Waals surface area contributed by atoms with Gasteiger partial charge in [-0.2, -0.15) is 0 Å². The largest absolute Gasteiger partial charge is 0.464 e. The van der Waals surface area contributed by atoms with E-state index in [0.29, 0.717) is 0 Å². The first-order chi connectivity index (χ1) is 20.9. The SMILES string of the molecule is c1ccc(-c2ccccc2-c2c3ccccc3c(-c3cccc4oc5c6ccoc6ccc5c34)c3ccccc23)cc1. The van der Waals surface area contributed by atoms with Gasteiger partial charge in [0.25, 0.3) is 0 Å². The molecule has 0 amide bonds. The van der Waals surface area contributed by atoms with Gasteiger partial charge in [0.1, 0.15) is 16.7 Å². The average Bonchev–Trinajstić information content (AvgIpc) is 3.69. The van der Waals surface area contributed by atoms with Crippen LogP contribution in [0.3, 0.4) is 0 Å². The smallest absolute Gasteiger partial charge is 0.146 e. The molecular formula is C40H24O2. The Morgan fingerprint density at radius 2 is 0.952 bits per heavy atom. The van der Waals surface area contributed by atoms with Gasteiger partial charge in [0.2, 0.25) is 0 Å². The van der Waals surface area contributed by atoms with Crippen molar-refractivity contribution < 1.29 is 8.83 Å².